The molecule has 0 bridgehead atoms. The van der Waals surface area contributed by atoms with Gasteiger partial charge >= 0.3 is 0 Å². The zero-order chi connectivity index (χ0) is 9.31. The van der Waals surface area contributed by atoms with Crippen molar-refractivity contribution in [3.8, 4) is 0 Å². The van der Waals surface area contributed by atoms with Crippen molar-refractivity contribution >= 4 is 6.29 Å². The van der Waals surface area contributed by atoms with Gasteiger partial charge in [-0.15, -0.1) is 0 Å². The van der Waals surface area contributed by atoms with Crippen LogP contribution in [0.4, 0.5) is 0 Å². The molecule has 1 N–H and O–H groups in total. The van der Waals surface area contributed by atoms with Crippen LogP contribution in [0.15, 0.2) is 0 Å². The lowest BCUT2D eigenvalue weighted by Crippen LogP contribution is -2.32. The third-order valence-corrected chi connectivity index (χ3v) is 4.11. The van der Waals surface area contributed by atoms with E-state index in [0.29, 0.717) is 11.3 Å². The molecule has 2 rings (SSSR count). The summed E-state index contributed by atoms with van der Waals surface area (Å²) in [6.07, 6.45) is 5.80. The van der Waals surface area contributed by atoms with Crippen LogP contribution < -0.4 is 5.32 Å². The first-order chi connectivity index (χ1) is 6.27. The van der Waals surface area contributed by atoms with Gasteiger partial charge in [-0.25, -0.2) is 0 Å². The molecule has 2 fully saturated rings. The van der Waals surface area contributed by atoms with Gasteiger partial charge < -0.3 is 10.1 Å². The summed E-state index contributed by atoms with van der Waals surface area (Å²) in [5.74, 6) is 1.58. The Labute approximate surface area is 80.1 Å². The predicted octanol–water partition coefficient (Wildman–Crippen LogP) is 1.60. The molecule has 1 aliphatic carbocycles. The topological polar surface area (TPSA) is 29.1 Å². The minimum Gasteiger partial charge on any atom is -0.317 e. The van der Waals surface area contributed by atoms with E-state index in [1.807, 2.05) is 0 Å². The largest absolute Gasteiger partial charge is 0.317 e. The van der Waals surface area contributed by atoms with E-state index in [1.165, 1.54) is 32.4 Å². The maximum Gasteiger partial charge on any atom is 0.120 e. The molecule has 1 saturated carbocycles. The van der Waals surface area contributed by atoms with Crippen molar-refractivity contribution in [3.05, 3.63) is 0 Å². The SMILES string of the molecule is CC1(C2CCNCC2)CC1CC=O. The Morgan fingerprint density at radius 2 is 2.15 bits per heavy atom. The lowest BCUT2D eigenvalue weighted by Gasteiger charge is -2.29. The van der Waals surface area contributed by atoms with Gasteiger partial charge in [0.15, 0.2) is 0 Å². The second-order valence-corrected chi connectivity index (χ2v) is 4.83. The van der Waals surface area contributed by atoms with Gasteiger partial charge in [-0.05, 0) is 49.6 Å². The molecular weight excluding hydrogens is 162 g/mol. The number of hydrogen-bond acceptors (Lipinski definition) is 2. The Balaban J connectivity index is 1.89. The van der Waals surface area contributed by atoms with Crippen LogP contribution in [-0.2, 0) is 4.79 Å². The fourth-order valence-electron chi connectivity index (χ4n) is 2.92. The number of carbonyl (C=O) groups excluding carboxylic acids is 1. The lowest BCUT2D eigenvalue weighted by atomic mass is 9.81. The van der Waals surface area contributed by atoms with Gasteiger partial charge in [0.1, 0.15) is 6.29 Å². The van der Waals surface area contributed by atoms with E-state index in [4.69, 9.17) is 0 Å². The Kier molecular flexibility index (Phi) is 2.41. The van der Waals surface area contributed by atoms with Crippen molar-refractivity contribution < 1.29 is 4.79 Å². The van der Waals surface area contributed by atoms with Crippen molar-refractivity contribution in [2.24, 2.45) is 17.3 Å². The summed E-state index contributed by atoms with van der Waals surface area (Å²) >= 11 is 0. The minimum atomic E-state index is 0.517. The molecule has 2 heteroatoms. The number of carbonyl (C=O) groups is 1. The average Bonchev–Trinajstić information content (AvgIpc) is 2.81. The van der Waals surface area contributed by atoms with Crippen molar-refractivity contribution in [1.82, 2.24) is 5.32 Å². The number of nitrogens with one attached hydrogen (secondary N) is 1. The maximum atomic E-state index is 10.4. The van der Waals surface area contributed by atoms with Crippen LogP contribution in [0, 0.1) is 17.3 Å². The molecule has 13 heavy (non-hydrogen) atoms. The average molecular weight is 181 g/mol. The zero-order valence-electron chi connectivity index (χ0n) is 8.38. The van der Waals surface area contributed by atoms with Gasteiger partial charge in [0.2, 0.25) is 0 Å². The number of rotatable bonds is 3. The van der Waals surface area contributed by atoms with E-state index in [0.717, 1.165) is 18.6 Å². The van der Waals surface area contributed by atoms with Gasteiger partial charge in [0.25, 0.3) is 0 Å². The summed E-state index contributed by atoms with van der Waals surface area (Å²) in [5.41, 5.74) is 0.517. The van der Waals surface area contributed by atoms with Gasteiger partial charge in [-0.3, -0.25) is 0 Å². The highest BCUT2D eigenvalue weighted by Crippen LogP contribution is 2.60. The third-order valence-electron chi connectivity index (χ3n) is 4.11. The summed E-state index contributed by atoms with van der Waals surface area (Å²) in [7, 11) is 0. The number of piperidine rings is 1. The molecule has 0 aromatic heterocycles. The molecule has 0 radical (unpaired) electrons. The molecule has 2 atom stereocenters. The Morgan fingerprint density at radius 3 is 2.77 bits per heavy atom. The lowest BCUT2D eigenvalue weighted by molar-refractivity contribution is -0.108. The molecule has 0 aromatic rings. The Morgan fingerprint density at radius 1 is 1.46 bits per heavy atom. The number of aldehydes is 1. The second-order valence-electron chi connectivity index (χ2n) is 4.83. The standard InChI is InChI=1S/C11H19NO/c1-11(8-10(11)4-7-13)9-2-5-12-6-3-9/h7,9-10,12H,2-6,8H2,1H3. The first-order valence-electron chi connectivity index (χ1n) is 5.41. The molecule has 74 valence electrons. The molecule has 1 aliphatic heterocycles. The first kappa shape index (κ1) is 9.20. The smallest absolute Gasteiger partial charge is 0.120 e. The highest BCUT2D eigenvalue weighted by atomic mass is 16.1. The predicted molar refractivity (Wildman–Crippen MR) is 52.5 cm³/mol. The van der Waals surface area contributed by atoms with Gasteiger partial charge in [-0.1, -0.05) is 6.92 Å². The van der Waals surface area contributed by atoms with Crippen LogP contribution >= 0.6 is 0 Å². The molecule has 0 amide bonds. The highest BCUT2D eigenvalue weighted by molar-refractivity contribution is 5.51. The zero-order valence-corrected chi connectivity index (χ0v) is 8.38. The van der Waals surface area contributed by atoms with Crippen molar-refractivity contribution in [2.45, 2.75) is 32.6 Å². The van der Waals surface area contributed by atoms with Crippen molar-refractivity contribution in [1.29, 1.82) is 0 Å². The number of hydrogen-bond donors (Lipinski definition) is 1. The highest BCUT2D eigenvalue weighted by Gasteiger charge is 2.53. The van der Waals surface area contributed by atoms with Crippen LogP contribution in [0.1, 0.15) is 32.6 Å². The first-order valence-corrected chi connectivity index (χ1v) is 5.41. The van der Waals surface area contributed by atoms with Crippen LogP contribution in [0.5, 0.6) is 0 Å². The van der Waals surface area contributed by atoms with Crippen molar-refractivity contribution in [2.75, 3.05) is 13.1 Å². The monoisotopic (exact) mass is 181 g/mol. The fraction of sp³-hybridized carbons (Fsp3) is 0.909. The van der Waals surface area contributed by atoms with E-state index in [1.54, 1.807) is 0 Å². The van der Waals surface area contributed by atoms with Gasteiger partial charge in [0.05, 0.1) is 0 Å². The van der Waals surface area contributed by atoms with Gasteiger partial charge in [0, 0.05) is 6.42 Å². The Hall–Kier alpha value is -0.370. The quantitative estimate of drug-likeness (QED) is 0.670. The van der Waals surface area contributed by atoms with Crippen LogP contribution in [-0.4, -0.2) is 19.4 Å². The molecular formula is C11H19NO. The summed E-state index contributed by atoms with van der Waals surface area (Å²) in [5, 5.41) is 3.39. The summed E-state index contributed by atoms with van der Waals surface area (Å²) in [4.78, 5) is 10.4. The van der Waals surface area contributed by atoms with E-state index < -0.39 is 0 Å². The summed E-state index contributed by atoms with van der Waals surface area (Å²) in [6.45, 7) is 4.72. The fourth-order valence-corrected chi connectivity index (χ4v) is 2.92. The molecule has 0 spiro atoms. The van der Waals surface area contributed by atoms with Crippen LogP contribution in [0.25, 0.3) is 0 Å². The maximum absolute atomic E-state index is 10.4. The molecule has 0 aromatic carbocycles. The van der Waals surface area contributed by atoms with E-state index in [2.05, 4.69) is 12.2 Å². The summed E-state index contributed by atoms with van der Waals surface area (Å²) in [6, 6.07) is 0. The molecule has 1 heterocycles. The molecule has 2 nitrogen and oxygen atoms in total. The normalized spacial score (nSPS) is 40.2. The molecule has 1 saturated heterocycles. The van der Waals surface area contributed by atoms with Crippen molar-refractivity contribution in [3.63, 3.8) is 0 Å². The second kappa shape index (κ2) is 3.41. The van der Waals surface area contributed by atoms with Crippen LogP contribution in [0.3, 0.4) is 0 Å². The van der Waals surface area contributed by atoms with E-state index in [9.17, 15) is 4.79 Å². The molecule has 2 aliphatic rings. The Bertz CT molecular complexity index is 198. The molecule has 2 unspecified atom stereocenters. The third kappa shape index (κ3) is 1.64. The van der Waals surface area contributed by atoms with Crippen LogP contribution in [0.2, 0.25) is 0 Å². The summed E-state index contributed by atoms with van der Waals surface area (Å²) < 4.78 is 0. The van der Waals surface area contributed by atoms with Gasteiger partial charge in [-0.2, -0.15) is 0 Å². The van der Waals surface area contributed by atoms with E-state index >= 15 is 0 Å². The minimum absolute atomic E-state index is 0.517. The van der Waals surface area contributed by atoms with E-state index in [-0.39, 0.29) is 0 Å².